The number of nitriles is 1. The summed E-state index contributed by atoms with van der Waals surface area (Å²) in [5.74, 6) is 0. The maximum atomic E-state index is 14.6. The fourth-order valence-electron chi connectivity index (χ4n) is 2.04. The number of unbranched alkanes of at least 4 members (excludes halogenated alkanes) is 2. The zero-order valence-corrected chi connectivity index (χ0v) is 13.1. The Labute approximate surface area is 131 Å². The van der Waals surface area contributed by atoms with Crippen molar-refractivity contribution in [3.8, 4) is 6.07 Å². The molecule has 0 saturated carbocycles. The maximum absolute atomic E-state index is 14.6. The lowest BCUT2D eigenvalue weighted by molar-refractivity contribution is -0.0664. The van der Waals surface area contributed by atoms with Crippen LogP contribution in [0.15, 0.2) is 30.3 Å². The van der Waals surface area contributed by atoms with Crippen LogP contribution in [0.3, 0.4) is 0 Å². The molecule has 0 aromatic heterocycles. The highest BCUT2D eigenvalue weighted by atomic mass is 19.1. The number of hydrogen-bond acceptors (Lipinski definition) is 4. The van der Waals surface area contributed by atoms with Gasteiger partial charge in [-0.25, -0.2) is 4.39 Å². The topological polar surface area (TPSA) is 51.5 Å². The Morgan fingerprint density at radius 1 is 1.05 bits per heavy atom. The second kappa shape index (κ2) is 11.1. The quantitative estimate of drug-likeness (QED) is 0.437. The van der Waals surface area contributed by atoms with Gasteiger partial charge in [0.15, 0.2) is 0 Å². The second-order valence-corrected chi connectivity index (χ2v) is 5.02. The first-order valence-corrected chi connectivity index (χ1v) is 7.53. The summed E-state index contributed by atoms with van der Waals surface area (Å²) < 4.78 is 29.9. The van der Waals surface area contributed by atoms with Crippen LogP contribution in [0, 0.1) is 11.3 Å². The van der Waals surface area contributed by atoms with Gasteiger partial charge in [-0.3, -0.25) is 0 Å². The van der Waals surface area contributed by atoms with E-state index in [0.29, 0.717) is 31.8 Å². The number of hydrogen-bond donors (Lipinski definition) is 0. The molecule has 4 nitrogen and oxygen atoms in total. The molecule has 0 heterocycles. The number of ether oxygens (including phenoxy) is 3. The summed E-state index contributed by atoms with van der Waals surface area (Å²) in [4.78, 5) is 0. The van der Waals surface area contributed by atoms with E-state index >= 15 is 0 Å². The molecule has 0 fully saturated rings. The molecule has 0 aliphatic heterocycles. The summed E-state index contributed by atoms with van der Waals surface area (Å²) in [5, 5.41) is 9.11. The summed E-state index contributed by atoms with van der Waals surface area (Å²) in [5.41, 5.74) is -1.47. The Morgan fingerprint density at radius 2 is 1.77 bits per heavy atom. The molecule has 0 bridgehead atoms. The zero-order valence-electron chi connectivity index (χ0n) is 13.1. The Balaban J connectivity index is 2.12. The van der Waals surface area contributed by atoms with Crippen LogP contribution in [-0.4, -0.2) is 33.7 Å². The molecule has 1 atom stereocenters. The molecule has 122 valence electrons. The largest absolute Gasteiger partial charge is 0.382 e. The highest BCUT2D eigenvalue weighted by Gasteiger charge is 2.30. The normalized spacial score (nSPS) is 13.5. The molecule has 0 saturated heterocycles. The predicted octanol–water partition coefficient (Wildman–Crippen LogP) is 3.57. The third-order valence-electron chi connectivity index (χ3n) is 3.32. The molecule has 1 unspecified atom stereocenters. The zero-order chi connectivity index (χ0) is 16.1. The number of alkyl halides is 1. The van der Waals surface area contributed by atoms with Gasteiger partial charge in [-0.15, -0.1) is 0 Å². The van der Waals surface area contributed by atoms with E-state index in [1.54, 1.807) is 37.4 Å². The fraction of sp³-hybridized carbons (Fsp3) is 0.588. The molecule has 22 heavy (non-hydrogen) atoms. The van der Waals surface area contributed by atoms with Crippen molar-refractivity contribution < 1.29 is 18.6 Å². The van der Waals surface area contributed by atoms with Crippen LogP contribution >= 0.6 is 0 Å². The second-order valence-electron chi connectivity index (χ2n) is 5.02. The molecule has 0 amide bonds. The molecular weight excluding hydrogens is 285 g/mol. The minimum absolute atomic E-state index is 0.206. The lowest BCUT2D eigenvalue weighted by Gasteiger charge is -2.17. The van der Waals surface area contributed by atoms with E-state index in [1.165, 1.54) is 0 Å². The molecule has 1 aromatic rings. The van der Waals surface area contributed by atoms with Gasteiger partial charge in [0.2, 0.25) is 5.67 Å². The number of halogens is 1. The lowest BCUT2D eigenvalue weighted by Crippen LogP contribution is -2.17. The Bertz CT molecular complexity index is 435. The van der Waals surface area contributed by atoms with Crippen molar-refractivity contribution in [3.63, 3.8) is 0 Å². The summed E-state index contributed by atoms with van der Waals surface area (Å²) in [6.45, 7) is 1.89. The van der Waals surface area contributed by atoms with Crippen molar-refractivity contribution in [2.24, 2.45) is 0 Å². The third kappa shape index (κ3) is 6.99. The van der Waals surface area contributed by atoms with Gasteiger partial charge in [-0.2, -0.15) is 5.26 Å². The molecule has 1 rings (SSSR count). The highest BCUT2D eigenvalue weighted by molar-refractivity contribution is 5.28. The van der Waals surface area contributed by atoms with Crippen LogP contribution in [0.1, 0.15) is 31.2 Å². The van der Waals surface area contributed by atoms with Crippen molar-refractivity contribution in [3.05, 3.63) is 35.9 Å². The number of rotatable bonds is 12. The van der Waals surface area contributed by atoms with Crippen LogP contribution < -0.4 is 0 Å². The van der Waals surface area contributed by atoms with Gasteiger partial charge in [0.25, 0.3) is 0 Å². The Hall–Kier alpha value is -1.48. The van der Waals surface area contributed by atoms with Crippen LogP contribution in [-0.2, 0) is 19.9 Å². The van der Waals surface area contributed by atoms with Gasteiger partial charge >= 0.3 is 0 Å². The van der Waals surface area contributed by atoms with Crippen molar-refractivity contribution in [2.45, 2.75) is 31.4 Å². The van der Waals surface area contributed by atoms with Gasteiger partial charge in [0, 0.05) is 19.3 Å². The highest BCUT2D eigenvalue weighted by Crippen LogP contribution is 2.31. The summed E-state index contributed by atoms with van der Waals surface area (Å²) in [6.07, 6.45) is 2.49. The van der Waals surface area contributed by atoms with Crippen molar-refractivity contribution >= 4 is 0 Å². The lowest BCUT2D eigenvalue weighted by atomic mass is 9.91. The van der Waals surface area contributed by atoms with E-state index in [-0.39, 0.29) is 13.2 Å². The average molecular weight is 309 g/mol. The van der Waals surface area contributed by atoms with Gasteiger partial charge in [0.1, 0.15) is 12.9 Å². The minimum atomic E-state index is -1.90. The fourth-order valence-corrected chi connectivity index (χ4v) is 2.04. The predicted molar refractivity (Wildman–Crippen MR) is 82.0 cm³/mol. The van der Waals surface area contributed by atoms with Gasteiger partial charge in [-0.1, -0.05) is 36.8 Å². The Kier molecular flexibility index (Phi) is 9.40. The molecule has 0 N–H and O–H groups in total. The summed E-state index contributed by atoms with van der Waals surface area (Å²) in [7, 11) is 1.62. The molecular formula is C17H24FNO3. The third-order valence-corrected chi connectivity index (χ3v) is 3.32. The van der Waals surface area contributed by atoms with Crippen LogP contribution in [0.2, 0.25) is 0 Å². The van der Waals surface area contributed by atoms with Crippen molar-refractivity contribution in [1.82, 2.24) is 0 Å². The standard InChI is InChI=1S/C17H24FNO3/c1-20-12-13-22-15-21-11-7-3-6-10-17(18,14-19)16-8-4-2-5-9-16/h2,4-5,8-9H,3,6-7,10-13,15H2,1H3. The Morgan fingerprint density at radius 3 is 2.45 bits per heavy atom. The van der Waals surface area contributed by atoms with E-state index in [9.17, 15) is 4.39 Å². The van der Waals surface area contributed by atoms with E-state index < -0.39 is 5.67 Å². The van der Waals surface area contributed by atoms with E-state index in [2.05, 4.69) is 0 Å². The van der Waals surface area contributed by atoms with Crippen LogP contribution in [0.5, 0.6) is 0 Å². The first-order valence-electron chi connectivity index (χ1n) is 7.53. The van der Waals surface area contributed by atoms with E-state index in [4.69, 9.17) is 19.5 Å². The summed E-state index contributed by atoms with van der Waals surface area (Å²) in [6, 6.07) is 10.4. The van der Waals surface area contributed by atoms with Crippen molar-refractivity contribution in [2.75, 3.05) is 33.7 Å². The van der Waals surface area contributed by atoms with Gasteiger partial charge in [0.05, 0.1) is 13.2 Å². The number of nitrogens with zero attached hydrogens (tertiary/aromatic N) is 1. The molecule has 1 aromatic carbocycles. The first-order chi connectivity index (χ1) is 10.7. The van der Waals surface area contributed by atoms with Gasteiger partial charge < -0.3 is 14.2 Å². The first kappa shape index (κ1) is 18.6. The van der Waals surface area contributed by atoms with E-state index in [1.807, 2.05) is 6.07 Å². The molecule has 0 aliphatic rings. The molecule has 5 heteroatoms. The van der Waals surface area contributed by atoms with Crippen molar-refractivity contribution in [1.29, 1.82) is 5.26 Å². The smallest absolute Gasteiger partial charge is 0.221 e. The van der Waals surface area contributed by atoms with Gasteiger partial charge in [-0.05, 0) is 19.3 Å². The molecule has 0 aliphatic carbocycles. The van der Waals surface area contributed by atoms with Crippen LogP contribution in [0.25, 0.3) is 0 Å². The molecule has 0 radical (unpaired) electrons. The van der Waals surface area contributed by atoms with E-state index in [0.717, 1.165) is 12.8 Å². The monoisotopic (exact) mass is 309 g/mol. The SMILES string of the molecule is COCCOCOCCCCCC(F)(C#N)c1ccccc1. The maximum Gasteiger partial charge on any atom is 0.221 e. The average Bonchev–Trinajstić information content (AvgIpc) is 2.57. The van der Waals surface area contributed by atoms with Crippen LogP contribution in [0.4, 0.5) is 4.39 Å². The number of benzene rings is 1. The molecule has 0 spiro atoms. The summed E-state index contributed by atoms with van der Waals surface area (Å²) >= 11 is 0. The number of methoxy groups -OCH3 is 1. The minimum Gasteiger partial charge on any atom is -0.382 e.